The number of nitrogens with zero attached hydrogens (tertiary/aromatic N) is 2. The molecule has 0 aliphatic heterocycles. The highest BCUT2D eigenvalue weighted by molar-refractivity contribution is 5.82. The molecule has 37 heavy (non-hydrogen) atoms. The molecule has 1 heterocycles. The van der Waals surface area contributed by atoms with Crippen LogP contribution < -0.4 is 11.1 Å². The lowest BCUT2D eigenvalue weighted by molar-refractivity contribution is -0.130. The molecule has 202 valence electrons. The van der Waals surface area contributed by atoms with Crippen molar-refractivity contribution in [1.82, 2.24) is 20.2 Å². The molecule has 0 fully saturated rings. The summed E-state index contributed by atoms with van der Waals surface area (Å²) in [7, 11) is 1.24. The van der Waals surface area contributed by atoms with Gasteiger partial charge in [-0.25, -0.2) is 9.78 Å². The zero-order valence-electron chi connectivity index (χ0n) is 22.6. The number of amides is 2. The Bertz CT molecular complexity index is 1070. The molecule has 0 atom stereocenters. The Hall–Kier alpha value is -4.01. The molecule has 0 saturated carbocycles. The SMILES string of the molecule is CCC.CCCN(Cc1ncc(-c2ccc(N)c(O)c2)[nH]1)C(=O)CNC(=O)OC.CCc1ccccc1. The number of H-pyrrole nitrogens is 1. The molecule has 0 radical (unpaired) electrons. The summed E-state index contributed by atoms with van der Waals surface area (Å²) in [5, 5.41) is 12.1. The van der Waals surface area contributed by atoms with Crippen molar-refractivity contribution in [1.29, 1.82) is 0 Å². The van der Waals surface area contributed by atoms with Crippen molar-refractivity contribution in [2.75, 3.05) is 25.9 Å². The van der Waals surface area contributed by atoms with Gasteiger partial charge in [0, 0.05) is 12.1 Å². The Morgan fingerprint density at radius 2 is 1.78 bits per heavy atom. The van der Waals surface area contributed by atoms with E-state index in [4.69, 9.17) is 5.73 Å². The van der Waals surface area contributed by atoms with Gasteiger partial charge in [0.05, 0.1) is 31.2 Å². The number of phenols is 1. The summed E-state index contributed by atoms with van der Waals surface area (Å²) < 4.78 is 4.46. The van der Waals surface area contributed by atoms with Gasteiger partial charge in [0.25, 0.3) is 0 Å². The summed E-state index contributed by atoms with van der Waals surface area (Å²) in [5.41, 5.74) is 8.75. The Labute approximate surface area is 220 Å². The molecule has 0 spiro atoms. The van der Waals surface area contributed by atoms with E-state index in [0.29, 0.717) is 23.8 Å². The molecule has 2 amide bonds. The number of nitrogen functional groups attached to an aromatic ring is 1. The summed E-state index contributed by atoms with van der Waals surface area (Å²) in [5.74, 6) is 0.354. The number of anilines is 1. The molecule has 3 aromatic rings. The molecule has 0 aliphatic carbocycles. The van der Waals surface area contributed by atoms with E-state index in [1.54, 1.807) is 29.3 Å². The minimum Gasteiger partial charge on any atom is -0.506 e. The van der Waals surface area contributed by atoms with Crippen LogP contribution >= 0.6 is 0 Å². The van der Waals surface area contributed by atoms with E-state index in [1.807, 2.05) is 13.0 Å². The molecule has 1 aromatic heterocycles. The van der Waals surface area contributed by atoms with Crippen molar-refractivity contribution in [2.24, 2.45) is 0 Å². The average Bonchev–Trinajstić information content (AvgIpc) is 3.38. The summed E-state index contributed by atoms with van der Waals surface area (Å²) >= 11 is 0. The number of nitrogens with two attached hydrogens (primary N) is 1. The second-order valence-electron chi connectivity index (χ2n) is 8.22. The molecule has 9 nitrogen and oxygen atoms in total. The van der Waals surface area contributed by atoms with Crippen LogP contribution in [-0.2, 0) is 22.5 Å². The van der Waals surface area contributed by atoms with E-state index < -0.39 is 6.09 Å². The Balaban J connectivity index is 0.000000516. The molecular weight excluding hydrogens is 470 g/mol. The Morgan fingerprint density at radius 1 is 1.11 bits per heavy atom. The predicted octanol–water partition coefficient (Wildman–Crippen LogP) is 5.12. The number of alkyl carbamates (subject to hydrolysis) is 1. The fourth-order valence-electron chi connectivity index (χ4n) is 3.09. The van der Waals surface area contributed by atoms with Crippen molar-refractivity contribution < 1.29 is 19.4 Å². The minimum atomic E-state index is -0.654. The van der Waals surface area contributed by atoms with Gasteiger partial charge in [0.1, 0.15) is 18.1 Å². The predicted molar refractivity (Wildman–Crippen MR) is 148 cm³/mol. The lowest BCUT2D eigenvalue weighted by atomic mass is 10.1. The van der Waals surface area contributed by atoms with Gasteiger partial charge < -0.3 is 30.8 Å². The van der Waals surface area contributed by atoms with Gasteiger partial charge in [-0.05, 0) is 30.5 Å². The first-order chi connectivity index (χ1) is 17.8. The van der Waals surface area contributed by atoms with E-state index in [9.17, 15) is 14.7 Å². The first-order valence-corrected chi connectivity index (χ1v) is 12.6. The molecule has 0 saturated heterocycles. The number of phenolic OH excluding ortho intramolecular Hbond substituents is 1. The molecular formula is C28H41N5O4. The maximum Gasteiger partial charge on any atom is 0.407 e. The van der Waals surface area contributed by atoms with Crippen LogP contribution in [0, 0.1) is 0 Å². The van der Waals surface area contributed by atoms with Crippen LogP contribution in [0.15, 0.2) is 54.7 Å². The standard InChI is InChI=1S/C17H23N5O4.C8H10.C3H8/c1-3-6-22(16(24)9-20-17(25)26-2)10-15-19-8-13(21-15)11-4-5-12(18)14(23)7-11;1-2-8-6-4-3-5-7-8;1-3-2/h4-5,7-8,23H,3,6,9-10,18H2,1-2H3,(H,19,21)(H,20,25);3-7H,2H2,1H3;3H2,1-2H3. The number of carbonyl (C=O) groups is 2. The van der Waals surface area contributed by atoms with Gasteiger partial charge in [-0.15, -0.1) is 0 Å². The normalized spacial score (nSPS) is 9.76. The van der Waals surface area contributed by atoms with E-state index in [0.717, 1.165) is 18.4 Å². The van der Waals surface area contributed by atoms with E-state index in [1.165, 1.54) is 19.1 Å². The average molecular weight is 512 g/mol. The number of rotatable bonds is 8. The van der Waals surface area contributed by atoms with E-state index in [-0.39, 0.29) is 24.7 Å². The fraction of sp³-hybridized carbons (Fsp3) is 0.393. The first kappa shape index (κ1) is 31.0. The number of nitrogens with one attached hydrogen (secondary N) is 2. The third kappa shape index (κ3) is 11.5. The van der Waals surface area contributed by atoms with Crippen molar-refractivity contribution in [2.45, 2.75) is 53.5 Å². The second kappa shape index (κ2) is 17.4. The second-order valence-corrected chi connectivity index (χ2v) is 8.22. The monoisotopic (exact) mass is 511 g/mol. The number of methoxy groups -OCH3 is 1. The zero-order valence-corrected chi connectivity index (χ0v) is 22.6. The van der Waals surface area contributed by atoms with Crippen LogP contribution in [0.25, 0.3) is 11.3 Å². The van der Waals surface area contributed by atoms with Gasteiger partial charge >= 0.3 is 6.09 Å². The van der Waals surface area contributed by atoms with Crippen molar-refractivity contribution in [3.05, 3.63) is 66.1 Å². The zero-order chi connectivity index (χ0) is 27.6. The molecule has 0 unspecified atom stereocenters. The van der Waals surface area contributed by atoms with Crippen molar-refractivity contribution >= 4 is 17.7 Å². The number of aryl methyl sites for hydroxylation is 1. The Morgan fingerprint density at radius 3 is 2.32 bits per heavy atom. The number of ether oxygens (including phenoxy) is 1. The highest BCUT2D eigenvalue weighted by Crippen LogP contribution is 2.26. The van der Waals surface area contributed by atoms with Crippen LogP contribution in [-0.4, -0.2) is 52.2 Å². The molecule has 0 aliphatic rings. The van der Waals surface area contributed by atoms with Gasteiger partial charge in [-0.1, -0.05) is 70.5 Å². The van der Waals surface area contributed by atoms with Gasteiger partial charge in [-0.3, -0.25) is 4.79 Å². The first-order valence-electron chi connectivity index (χ1n) is 12.6. The highest BCUT2D eigenvalue weighted by Gasteiger charge is 2.16. The van der Waals surface area contributed by atoms with E-state index in [2.05, 4.69) is 65.1 Å². The molecule has 2 aromatic carbocycles. The maximum absolute atomic E-state index is 12.3. The summed E-state index contributed by atoms with van der Waals surface area (Å²) in [6.45, 7) is 9.02. The van der Waals surface area contributed by atoms with Crippen LogP contribution in [0.3, 0.4) is 0 Å². The Kier molecular flexibility index (Phi) is 14.6. The van der Waals surface area contributed by atoms with E-state index >= 15 is 0 Å². The lowest BCUT2D eigenvalue weighted by Crippen LogP contribution is -2.40. The number of hydrogen-bond acceptors (Lipinski definition) is 6. The fourth-order valence-corrected chi connectivity index (χ4v) is 3.09. The number of aromatic hydroxyl groups is 1. The smallest absolute Gasteiger partial charge is 0.407 e. The van der Waals surface area contributed by atoms with Crippen LogP contribution in [0.1, 0.15) is 51.9 Å². The largest absolute Gasteiger partial charge is 0.506 e. The lowest BCUT2D eigenvalue weighted by Gasteiger charge is -2.21. The topological polar surface area (TPSA) is 134 Å². The molecule has 0 bridgehead atoms. The minimum absolute atomic E-state index is 0.00433. The van der Waals surface area contributed by atoms with Gasteiger partial charge in [0.15, 0.2) is 0 Å². The van der Waals surface area contributed by atoms with Gasteiger partial charge in [0.2, 0.25) is 5.91 Å². The quantitative estimate of drug-likeness (QED) is 0.245. The number of aromatic amines is 1. The van der Waals surface area contributed by atoms with Gasteiger partial charge in [-0.2, -0.15) is 0 Å². The van der Waals surface area contributed by atoms with Crippen LogP contribution in [0.4, 0.5) is 10.5 Å². The summed E-state index contributed by atoms with van der Waals surface area (Å²) in [6.07, 6.45) is 4.13. The van der Waals surface area contributed by atoms with Crippen molar-refractivity contribution in [3.63, 3.8) is 0 Å². The maximum atomic E-state index is 12.3. The number of aromatic nitrogens is 2. The third-order valence-electron chi connectivity index (χ3n) is 4.98. The third-order valence-corrected chi connectivity index (χ3v) is 4.98. The number of hydrogen-bond donors (Lipinski definition) is 4. The van der Waals surface area contributed by atoms with Crippen molar-refractivity contribution in [3.8, 4) is 17.0 Å². The van der Waals surface area contributed by atoms with Crippen LogP contribution in [0.2, 0.25) is 0 Å². The number of imidazole rings is 1. The molecule has 9 heteroatoms. The summed E-state index contributed by atoms with van der Waals surface area (Å²) in [4.78, 5) is 32.4. The molecule has 5 N–H and O–H groups in total. The number of carbonyl (C=O) groups excluding carboxylic acids is 2. The molecule has 3 rings (SSSR count). The highest BCUT2D eigenvalue weighted by atomic mass is 16.5. The van der Waals surface area contributed by atoms with Crippen LogP contribution in [0.5, 0.6) is 5.75 Å². The number of benzene rings is 2. The summed E-state index contributed by atoms with van der Waals surface area (Å²) in [6, 6.07) is 15.4.